The van der Waals surface area contributed by atoms with Gasteiger partial charge >= 0.3 is 0 Å². The molecule has 2 aromatic rings. The van der Waals surface area contributed by atoms with E-state index in [2.05, 4.69) is 11.4 Å². The number of likely N-dealkylation sites (N-methyl/N-ethyl adjacent to an activating group) is 1. The molecule has 1 atom stereocenters. The lowest BCUT2D eigenvalue weighted by Gasteiger charge is -2.15. The highest BCUT2D eigenvalue weighted by Crippen LogP contribution is 2.19. The van der Waals surface area contributed by atoms with Crippen molar-refractivity contribution in [3.8, 4) is 0 Å². The second-order valence-corrected chi connectivity index (χ2v) is 6.08. The van der Waals surface area contributed by atoms with Crippen molar-refractivity contribution in [1.29, 1.82) is 0 Å². The third kappa shape index (κ3) is 4.58. The largest absolute Gasteiger partial charge is 0.326 e. The molecule has 24 heavy (non-hydrogen) atoms. The molecule has 0 fully saturated rings. The van der Waals surface area contributed by atoms with Gasteiger partial charge in [0, 0.05) is 5.56 Å². The van der Waals surface area contributed by atoms with Gasteiger partial charge < -0.3 is 10.2 Å². The number of carbonyl (C=O) groups is 1. The first-order chi connectivity index (χ1) is 11.3. The van der Waals surface area contributed by atoms with Crippen LogP contribution in [0, 0.1) is 31.3 Å². The van der Waals surface area contributed by atoms with Crippen molar-refractivity contribution in [3.05, 3.63) is 64.5 Å². The zero-order valence-corrected chi connectivity index (χ0v) is 13.8. The quantitative estimate of drug-likeness (QED) is 0.807. The number of carbonyl (C=O) groups excluding carboxylic acids is 1. The maximum atomic E-state index is 13.6. The SMILES string of the molecule is Cc1cc(C)cc(C[NH+](C)CC(=O)Nc2ccc(F)c(F)c2F)c1. The van der Waals surface area contributed by atoms with Crippen molar-refractivity contribution in [2.45, 2.75) is 20.4 Å². The van der Waals surface area contributed by atoms with Crippen LogP contribution in [0.3, 0.4) is 0 Å². The van der Waals surface area contributed by atoms with Crippen LogP contribution in [0.15, 0.2) is 30.3 Å². The minimum atomic E-state index is -1.59. The number of halogens is 3. The first-order valence-electron chi connectivity index (χ1n) is 7.58. The van der Waals surface area contributed by atoms with Gasteiger partial charge in [-0.2, -0.15) is 0 Å². The van der Waals surface area contributed by atoms with Gasteiger partial charge in [-0.3, -0.25) is 4.79 Å². The number of anilines is 1. The predicted molar refractivity (Wildman–Crippen MR) is 86.3 cm³/mol. The summed E-state index contributed by atoms with van der Waals surface area (Å²) in [6.45, 7) is 4.70. The highest BCUT2D eigenvalue weighted by atomic mass is 19.2. The Bertz CT molecular complexity index is 742. The summed E-state index contributed by atoms with van der Waals surface area (Å²) >= 11 is 0. The van der Waals surface area contributed by atoms with Crippen LogP contribution in [-0.4, -0.2) is 19.5 Å². The molecule has 2 N–H and O–H groups in total. The molecule has 2 rings (SSSR count). The number of quaternary nitrogens is 1. The fourth-order valence-corrected chi connectivity index (χ4v) is 2.67. The summed E-state index contributed by atoms with van der Waals surface area (Å²) in [5.74, 6) is -4.75. The molecule has 0 radical (unpaired) electrons. The number of amides is 1. The third-order valence-electron chi connectivity index (χ3n) is 3.56. The van der Waals surface area contributed by atoms with Gasteiger partial charge in [-0.15, -0.1) is 0 Å². The molecule has 1 amide bonds. The fraction of sp³-hybridized carbons (Fsp3) is 0.278. The lowest BCUT2D eigenvalue weighted by molar-refractivity contribution is -0.885. The van der Waals surface area contributed by atoms with Gasteiger partial charge in [-0.05, 0) is 26.0 Å². The normalized spacial score (nSPS) is 12.1. The van der Waals surface area contributed by atoms with E-state index in [9.17, 15) is 18.0 Å². The van der Waals surface area contributed by atoms with E-state index in [0.717, 1.165) is 33.7 Å². The zero-order chi connectivity index (χ0) is 17.9. The number of rotatable bonds is 5. The Labute approximate surface area is 139 Å². The second-order valence-electron chi connectivity index (χ2n) is 6.08. The van der Waals surface area contributed by atoms with Crippen molar-refractivity contribution < 1.29 is 22.9 Å². The predicted octanol–water partition coefficient (Wildman–Crippen LogP) is 2.37. The Morgan fingerprint density at radius 2 is 1.67 bits per heavy atom. The molecular formula is C18H20F3N2O+. The van der Waals surface area contributed by atoms with Crippen LogP contribution in [0.1, 0.15) is 16.7 Å². The summed E-state index contributed by atoms with van der Waals surface area (Å²) in [4.78, 5) is 12.9. The molecule has 0 aliphatic heterocycles. The smallest absolute Gasteiger partial charge is 0.279 e. The van der Waals surface area contributed by atoms with Crippen LogP contribution in [0.25, 0.3) is 0 Å². The number of hydrogen-bond acceptors (Lipinski definition) is 1. The molecule has 2 aromatic carbocycles. The average Bonchev–Trinajstić information content (AvgIpc) is 2.46. The maximum Gasteiger partial charge on any atom is 0.279 e. The van der Waals surface area contributed by atoms with Gasteiger partial charge in [0.2, 0.25) is 0 Å². The molecule has 0 bridgehead atoms. The van der Waals surface area contributed by atoms with E-state index in [-0.39, 0.29) is 12.2 Å². The van der Waals surface area contributed by atoms with E-state index in [1.807, 2.05) is 33.0 Å². The lowest BCUT2D eigenvalue weighted by atomic mass is 10.1. The van der Waals surface area contributed by atoms with E-state index >= 15 is 0 Å². The van der Waals surface area contributed by atoms with Crippen molar-refractivity contribution in [3.63, 3.8) is 0 Å². The Hall–Kier alpha value is -2.34. The minimum Gasteiger partial charge on any atom is -0.326 e. The number of nitrogens with one attached hydrogen (secondary N) is 2. The Morgan fingerprint density at radius 3 is 2.29 bits per heavy atom. The van der Waals surface area contributed by atoms with E-state index in [0.29, 0.717) is 6.54 Å². The van der Waals surface area contributed by atoms with Crippen molar-refractivity contribution >= 4 is 11.6 Å². The highest BCUT2D eigenvalue weighted by molar-refractivity contribution is 5.91. The van der Waals surface area contributed by atoms with Gasteiger partial charge in [-0.25, -0.2) is 13.2 Å². The van der Waals surface area contributed by atoms with Crippen molar-refractivity contribution in [2.75, 3.05) is 18.9 Å². The summed E-state index contributed by atoms with van der Waals surface area (Å²) in [7, 11) is 1.83. The molecule has 0 aliphatic carbocycles. The second kappa shape index (κ2) is 7.49. The first kappa shape index (κ1) is 18.0. The van der Waals surface area contributed by atoms with Gasteiger partial charge in [0.15, 0.2) is 24.0 Å². The van der Waals surface area contributed by atoms with E-state index < -0.39 is 23.4 Å². The van der Waals surface area contributed by atoms with Crippen molar-refractivity contribution in [1.82, 2.24) is 0 Å². The van der Waals surface area contributed by atoms with Gasteiger partial charge in [0.05, 0.1) is 12.7 Å². The molecule has 0 saturated heterocycles. The van der Waals surface area contributed by atoms with Crippen LogP contribution in [-0.2, 0) is 11.3 Å². The molecule has 1 unspecified atom stereocenters. The summed E-state index contributed by atoms with van der Waals surface area (Å²) in [6.07, 6.45) is 0. The number of aryl methyl sites for hydroxylation is 2. The van der Waals surface area contributed by atoms with Gasteiger partial charge in [-0.1, -0.05) is 29.3 Å². The molecule has 0 saturated carbocycles. The van der Waals surface area contributed by atoms with E-state index in [1.54, 1.807) is 0 Å². The zero-order valence-electron chi connectivity index (χ0n) is 13.8. The Kier molecular flexibility index (Phi) is 5.62. The van der Waals surface area contributed by atoms with E-state index in [1.165, 1.54) is 0 Å². The van der Waals surface area contributed by atoms with Gasteiger partial charge in [0.1, 0.15) is 6.54 Å². The monoisotopic (exact) mass is 337 g/mol. The molecule has 128 valence electrons. The molecule has 0 heterocycles. The molecular weight excluding hydrogens is 317 g/mol. The Balaban J connectivity index is 1.98. The Morgan fingerprint density at radius 1 is 1.04 bits per heavy atom. The number of benzene rings is 2. The maximum absolute atomic E-state index is 13.6. The summed E-state index contributed by atoms with van der Waals surface area (Å²) in [6, 6.07) is 7.94. The molecule has 0 aromatic heterocycles. The molecule has 3 nitrogen and oxygen atoms in total. The highest BCUT2D eigenvalue weighted by Gasteiger charge is 2.17. The molecule has 0 aliphatic rings. The standard InChI is InChI=1S/C18H19F3N2O/c1-11-6-12(2)8-13(7-11)9-23(3)10-16(24)22-15-5-4-14(19)17(20)18(15)21/h4-8H,9-10H2,1-3H3,(H,22,24)/p+1. The number of hydrogen-bond donors (Lipinski definition) is 2. The first-order valence-corrected chi connectivity index (χ1v) is 7.58. The van der Waals surface area contributed by atoms with Crippen LogP contribution >= 0.6 is 0 Å². The molecule has 0 spiro atoms. The van der Waals surface area contributed by atoms with E-state index in [4.69, 9.17) is 0 Å². The van der Waals surface area contributed by atoms with Crippen LogP contribution in [0.4, 0.5) is 18.9 Å². The topological polar surface area (TPSA) is 33.5 Å². The minimum absolute atomic E-state index is 0.0748. The summed E-state index contributed by atoms with van der Waals surface area (Å²) in [5, 5.41) is 2.28. The van der Waals surface area contributed by atoms with Crippen LogP contribution in [0.5, 0.6) is 0 Å². The summed E-state index contributed by atoms with van der Waals surface area (Å²) < 4.78 is 39.6. The molecule has 6 heteroatoms. The fourth-order valence-electron chi connectivity index (χ4n) is 2.67. The van der Waals surface area contributed by atoms with Crippen LogP contribution in [0.2, 0.25) is 0 Å². The average molecular weight is 337 g/mol. The van der Waals surface area contributed by atoms with Crippen LogP contribution < -0.4 is 10.2 Å². The van der Waals surface area contributed by atoms with Gasteiger partial charge in [0.25, 0.3) is 5.91 Å². The lowest BCUT2D eigenvalue weighted by Crippen LogP contribution is -3.08. The summed E-state index contributed by atoms with van der Waals surface area (Å²) in [5.41, 5.74) is 3.02. The third-order valence-corrected chi connectivity index (χ3v) is 3.56. The van der Waals surface area contributed by atoms with Crippen molar-refractivity contribution in [2.24, 2.45) is 0 Å².